The van der Waals surface area contributed by atoms with E-state index in [2.05, 4.69) is 12.1 Å². The van der Waals surface area contributed by atoms with Gasteiger partial charge in [0.1, 0.15) is 0 Å². The molecule has 1 aliphatic rings. The van der Waals surface area contributed by atoms with Crippen LogP contribution in [0.3, 0.4) is 0 Å². The molecule has 1 heterocycles. The van der Waals surface area contributed by atoms with Crippen LogP contribution in [-0.2, 0) is 16.4 Å². The Kier molecular flexibility index (Phi) is 3.79. The molecule has 0 spiro atoms. The van der Waals surface area contributed by atoms with Gasteiger partial charge >= 0.3 is 0 Å². The van der Waals surface area contributed by atoms with Gasteiger partial charge in [-0.3, -0.25) is 4.31 Å². The number of benzene rings is 2. The third-order valence-electron chi connectivity index (χ3n) is 4.04. The van der Waals surface area contributed by atoms with Crippen molar-refractivity contribution in [2.24, 2.45) is 0 Å². The highest BCUT2D eigenvalue weighted by molar-refractivity contribution is 7.89. The topological polar surface area (TPSA) is 37.4 Å². The van der Waals surface area contributed by atoms with E-state index in [9.17, 15) is 8.42 Å². The van der Waals surface area contributed by atoms with E-state index in [1.54, 1.807) is 13.1 Å². The lowest BCUT2D eigenvalue weighted by Crippen LogP contribution is -2.30. The van der Waals surface area contributed by atoms with E-state index < -0.39 is 10.0 Å². The molecule has 0 aliphatic carbocycles. The summed E-state index contributed by atoms with van der Waals surface area (Å²) < 4.78 is 26.7. The second-order valence-corrected chi connectivity index (χ2v) is 7.57. The quantitative estimate of drug-likeness (QED) is 0.868. The second-order valence-electron chi connectivity index (χ2n) is 5.64. The highest BCUT2D eigenvalue weighted by Gasteiger charge is 2.29. The summed E-state index contributed by atoms with van der Waals surface area (Å²) >= 11 is 0. The lowest BCUT2D eigenvalue weighted by Gasteiger charge is -2.28. The minimum atomic E-state index is -3.43. The Morgan fingerprint density at radius 2 is 1.73 bits per heavy atom. The van der Waals surface area contributed by atoms with Gasteiger partial charge in [0, 0.05) is 12.7 Å². The molecule has 0 aromatic heterocycles. The van der Waals surface area contributed by atoms with Crippen molar-refractivity contribution in [2.75, 3.05) is 7.05 Å². The van der Waals surface area contributed by atoms with Crippen molar-refractivity contribution < 1.29 is 8.42 Å². The van der Waals surface area contributed by atoms with Gasteiger partial charge in [-0.25, -0.2) is 8.42 Å². The van der Waals surface area contributed by atoms with E-state index in [4.69, 9.17) is 0 Å². The molecule has 2 aromatic rings. The summed E-state index contributed by atoms with van der Waals surface area (Å²) in [6.45, 7) is 1.97. The van der Waals surface area contributed by atoms with E-state index >= 15 is 0 Å². The lowest BCUT2D eigenvalue weighted by molar-refractivity contribution is 0.511. The molecule has 1 aliphatic heterocycles. The molecule has 0 amide bonds. The number of rotatable bonds is 3. The van der Waals surface area contributed by atoms with E-state index in [0.717, 1.165) is 23.2 Å². The van der Waals surface area contributed by atoms with Gasteiger partial charge in [-0.2, -0.15) is 0 Å². The van der Waals surface area contributed by atoms with Crippen LogP contribution in [0.1, 0.15) is 23.1 Å². The molecule has 3 nitrogen and oxygen atoms in total. The first-order valence-electron chi connectivity index (χ1n) is 7.32. The summed E-state index contributed by atoms with van der Waals surface area (Å²) in [5, 5.41) is 0. The van der Waals surface area contributed by atoms with E-state index in [1.165, 1.54) is 9.87 Å². The Hall–Kier alpha value is -2.07. The Balaban J connectivity index is 1.94. The van der Waals surface area contributed by atoms with Gasteiger partial charge < -0.3 is 0 Å². The highest BCUT2D eigenvalue weighted by Crippen LogP contribution is 2.32. The van der Waals surface area contributed by atoms with Crippen molar-refractivity contribution in [1.82, 2.24) is 4.31 Å². The molecule has 4 heteroatoms. The lowest BCUT2D eigenvalue weighted by atomic mass is 10.1. The second kappa shape index (κ2) is 5.61. The maximum absolute atomic E-state index is 12.6. The first-order valence-corrected chi connectivity index (χ1v) is 8.76. The molecule has 0 unspecified atom stereocenters. The minimum Gasteiger partial charge on any atom is -0.273 e. The molecule has 0 saturated carbocycles. The van der Waals surface area contributed by atoms with Gasteiger partial charge in [0.05, 0.1) is 4.90 Å². The SMILES string of the molecule is Cc1ccc2c(c1)C=C(CCc1ccccc1)N(C)S2(=O)=O. The number of hydrogen-bond donors (Lipinski definition) is 0. The van der Waals surface area contributed by atoms with Gasteiger partial charge in [0.15, 0.2) is 0 Å². The summed E-state index contributed by atoms with van der Waals surface area (Å²) in [6, 6.07) is 15.6. The Morgan fingerprint density at radius 1 is 1.00 bits per heavy atom. The summed E-state index contributed by atoms with van der Waals surface area (Å²) in [6.07, 6.45) is 3.52. The van der Waals surface area contributed by atoms with Crippen LogP contribution in [0.2, 0.25) is 0 Å². The van der Waals surface area contributed by atoms with Gasteiger partial charge in [0.25, 0.3) is 10.0 Å². The van der Waals surface area contributed by atoms with Crippen LogP contribution < -0.4 is 0 Å². The van der Waals surface area contributed by atoms with Crippen LogP contribution >= 0.6 is 0 Å². The fraction of sp³-hybridized carbons (Fsp3) is 0.222. The zero-order chi connectivity index (χ0) is 15.7. The van der Waals surface area contributed by atoms with Crippen LogP contribution in [-0.4, -0.2) is 19.8 Å². The first kappa shape index (κ1) is 14.9. The van der Waals surface area contributed by atoms with Crippen LogP contribution in [0.15, 0.2) is 59.1 Å². The van der Waals surface area contributed by atoms with Crippen molar-refractivity contribution in [3.63, 3.8) is 0 Å². The number of nitrogens with zero attached hydrogens (tertiary/aromatic N) is 1. The predicted octanol–water partition coefficient (Wildman–Crippen LogP) is 3.60. The van der Waals surface area contributed by atoms with Crippen molar-refractivity contribution >= 4 is 16.1 Å². The fourth-order valence-corrected chi connectivity index (χ4v) is 4.14. The number of allylic oxidation sites excluding steroid dienone is 1. The van der Waals surface area contributed by atoms with E-state index in [0.29, 0.717) is 11.3 Å². The molecule has 0 saturated heterocycles. The summed E-state index contributed by atoms with van der Waals surface area (Å²) in [7, 11) is -1.79. The largest absolute Gasteiger partial charge is 0.273 e. The standard InChI is InChI=1S/C18H19NO2S/c1-14-8-11-18-16(12-14)13-17(19(2)22(18,20)21)10-9-15-6-4-3-5-7-15/h3-8,11-13H,9-10H2,1-2H3. The third kappa shape index (κ3) is 2.66. The highest BCUT2D eigenvalue weighted by atomic mass is 32.2. The number of aryl methyl sites for hydroxylation is 2. The van der Waals surface area contributed by atoms with Crippen molar-refractivity contribution in [3.05, 3.63) is 70.9 Å². The van der Waals surface area contributed by atoms with Crippen LogP contribution in [0.4, 0.5) is 0 Å². The number of hydrogen-bond acceptors (Lipinski definition) is 2. The van der Waals surface area contributed by atoms with Gasteiger partial charge in [-0.1, -0.05) is 48.0 Å². The molecule has 0 atom stereocenters. The summed E-state index contributed by atoms with van der Waals surface area (Å²) in [5.41, 5.74) is 3.91. The third-order valence-corrected chi connectivity index (χ3v) is 5.93. The molecular weight excluding hydrogens is 294 g/mol. The average molecular weight is 313 g/mol. The maximum Gasteiger partial charge on any atom is 0.264 e. The molecule has 0 fully saturated rings. The monoisotopic (exact) mass is 313 g/mol. The van der Waals surface area contributed by atoms with Gasteiger partial charge in [-0.05, 0) is 43.0 Å². The van der Waals surface area contributed by atoms with Crippen molar-refractivity contribution in [2.45, 2.75) is 24.7 Å². The Morgan fingerprint density at radius 3 is 2.45 bits per heavy atom. The first-order chi connectivity index (χ1) is 10.5. The molecule has 114 valence electrons. The van der Waals surface area contributed by atoms with Gasteiger partial charge in [0.2, 0.25) is 0 Å². The number of fused-ring (bicyclic) bond motifs is 1. The predicted molar refractivity (Wildman–Crippen MR) is 88.9 cm³/mol. The summed E-state index contributed by atoms with van der Waals surface area (Å²) in [5.74, 6) is 0. The smallest absolute Gasteiger partial charge is 0.264 e. The molecule has 3 rings (SSSR count). The molecule has 2 aromatic carbocycles. The van der Waals surface area contributed by atoms with Crippen LogP contribution in [0.5, 0.6) is 0 Å². The maximum atomic E-state index is 12.6. The van der Waals surface area contributed by atoms with Crippen LogP contribution in [0, 0.1) is 6.92 Å². The van der Waals surface area contributed by atoms with Gasteiger partial charge in [-0.15, -0.1) is 0 Å². The fourth-order valence-electron chi connectivity index (χ4n) is 2.73. The number of sulfonamides is 1. The molecule has 0 N–H and O–H groups in total. The van der Waals surface area contributed by atoms with Crippen molar-refractivity contribution in [3.8, 4) is 0 Å². The Bertz CT molecular complexity index is 823. The Labute approximate surface area is 132 Å². The molecule has 22 heavy (non-hydrogen) atoms. The normalized spacial score (nSPS) is 16.1. The van der Waals surface area contributed by atoms with E-state index in [-0.39, 0.29) is 0 Å². The summed E-state index contributed by atoms with van der Waals surface area (Å²) in [4.78, 5) is 0.393. The van der Waals surface area contributed by atoms with Crippen LogP contribution in [0.25, 0.3) is 6.08 Å². The molecule has 0 bridgehead atoms. The zero-order valence-corrected chi connectivity index (χ0v) is 13.6. The average Bonchev–Trinajstić information content (AvgIpc) is 2.50. The minimum absolute atomic E-state index is 0.393. The molecular formula is C18H19NO2S. The zero-order valence-electron chi connectivity index (χ0n) is 12.8. The van der Waals surface area contributed by atoms with Crippen molar-refractivity contribution in [1.29, 1.82) is 0 Å². The van der Waals surface area contributed by atoms with E-state index in [1.807, 2.05) is 43.3 Å². The molecule has 0 radical (unpaired) electrons.